The summed E-state index contributed by atoms with van der Waals surface area (Å²) < 4.78 is 11.2. The van der Waals surface area contributed by atoms with Crippen LogP contribution in [0.3, 0.4) is 0 Å². The van der Waals surface area contributed by atoms with Gasteiger partial charge in [0.05, 0.1) is 17.7 Å². The zero-order valence-corrected chi connectivity index (χ0v) is 13.7. The molecule has 1 aromatic carbocycles. The molecule has 0 spiro atoms. The first-order valence-electron chi connectivity index (χ1n) is 7.64. The van der Waals surface area contributed by atoms with Crippen molar-refractivity contribution in [1.29, 1.82) is 0 Å². The third-order valence-electron chi connectivity index (χ3n) is 4.15. The van der Waals surface area contributed by atoms with Crippen molar-refractivity contribution < 1.29 is 9.15 Å². The number of nitrogens with zero attached hydrogens (tertiary/aromatic N) is 2. The van der Waals surface area contributed by atoms with E-state index in [9.17, 15) is 0 Å². The largest absolute Gasteiger partial charge is 0.497 e. The van der Waals surface area contributed by atoms with Gasteiger partial charge in [0.1, 0.15) is 5.75 Å². The lowest BCUT2D eigenvalue weighted by Crippen LogP contribution is -1.99. The molecule has 0 bridgehead atoms. The van der Waals surface area contributed by atoms with Gasteiger partial charge in [-0.2, -0.15) is 0 Å². The maximum Gasteiger partial charge on any atom is 0.251 e. The first-order chi connectivity index (χ1) is 11.3. The number of rotatable bonds is 3. The molecule has 118 valence electrons. The number of benzene rings is 1. The van der Waals surface area contributed by atoms with E-state index in [0.717, 1.165) is 34.7 Å². The van der Waals surface area contributed by atoms with Gasteiger partial charge >= 0.3 is 0 Å². The topological polar surface area (TPSA) is 74.2 Å². The predicted molar refractivity (Wildman–Crippen MR) is 90.7 cm³/mol. The van der Waals surface area contributed by atoms with Crippen molar-refractivity contribution in [2.45, 2.75) is 25.7 Å². The number of thiophene rings is 1. The molecule has 0 saturated heterocycles. The number of aryl methyl sites for hydroxylation is 1. The molecule has 0 fully saturated rings. The molecule has 2 N–H and O–H groups in total. The minimum atomic E-state index is 0.481. The SMILES string of the molecule is COc1cccc(-c2nnc(-c3c(N)sc4c3CCCC4)o2)c1. The minimum Gasteiger partial charge on any atom is -0.497 e. The number of anilines is 1. The molecular weight excluding hydrogens is 310 g/mol. The number of ether oxygens (including phenoxy) is 1. The molecule has 2 heterocycles. The Morgan fingerprint density at radius 1 is 1.17 bits per heavy atom. The summed E-state index contributed by atoms with van der Waals surface area (Å²) >= 11 is 1.65. The average Bonchev–Trinajstić information content (AvgIpc) is 3.18. The second kappa shape index (κ2) is 5.70. The summed E-state index contributed by atoms with van der Waals surface area (Å²) in [4.78, 5) is 1.37. The quantitative estimate of drug-likeness (QED) is 0.789. The molecule has 1 aliphatic carbocycles. The molecule has 23 heavy (non-hydrogen) atoms. The van der Waals surface area contributed by atoms with E-state index in [4.69, 9.17) is 14.9 Å². The lowest BCUT2D eigenvalue weighted by Gasteiger charge is -2.10. The van der Waals surface area contributed by atoms with Crippen molar-refractivity contribution in [3.05, 3.63) is 34.7 Å². The standard InChI is InChI=1S/C17H17N3O2S/c1-21-11-6-4-5-10(9-11)16-19-20-17(22-16)14-12-7-2-3-8-13(12)23-15(14)18/h4-6,9H,2-3,7-8,18H2,1H3. The third-order valence-corrected chi connectivity index (χ3v) is 5.28. The Kier molecular flexibility index (Phi) is 3.53. The van der Waals surface area contributed by atoms with E-state index in [0.29, 0.717) is 11.8 Å². The van der Waals surface area contributed by atoms with Gasteiger partial charge in [-0.3, -0.25) is 0 Å². The Hall–Kier alpha value is -2.34. The van der Waals surface area contributed by atoms with E-state index >= 15 is 0 Å². The van der Waals surface area contributed by atoms with Crippen molar-refractivity contribution in [3.63, 3.8) is 0 Å². The van der Waals surface area contributed by atoms with Crippen molar-refractivity contribution in [2.75, 3.05) is 12.8 Å². The second-order valence-corrected chi connectivity index (χ2v) is 6.73. The summed E-state index contributed by atoms with van der Waals surface area (Å²) in [5, 5.41) is 9.19. The molecule has 3 aromatic rings. The van der Waals surface area contributed by atoms with Crippen LogP contribution in [-0.4, -0.2) is 17.3 Å². The van der Waals surface area contributed by atoms with Gasteiger partial charge < -0.3 is 14.9 Å². The normalized spacial score (nSPS) is 13.8. The van der Waals surface area contributed by atoms with Crippen LogP contribution in [0.4, 0.5) is 5.00 Å². The van der Waals surface area contributed by atoms with Crippen molar-refractivity contribution in [2.24, 2.45) is 0 Å². The van der Waals surface area contributed by atoms with Crippen LogP contribution in [0.25, 0.3) is 22.9 Å². The second-order valence-electron chi connectivity index (χ2n) is 5.59. The Bertz CT molecular complexity index is 853. The molecule has 2 aromatic heterocycles. The fourth-order valence-electron chi connectivity index (χ4n) is 3.02. The number of nitrogen functional groups attached to an aromatic ring is 1. The first kappa shape index (κ1) is 14.3. The van der Waals surface area contributed by atoms with E-state index in [2.05, 4.69) is 10.2 Å². The summed E-state index contributed by atoms with van der Waals surface area (Å²) in [5.74, 6) is 1.75. The van der Waals surface area contributed by atoms with Gasteiger partial charge in [-0.1, -0.05) is 6.07 Å². The minimum absolute atomic E-state index is 0.481. The third kappa shape index (κ3) is 2.49. The van der Waals surface area contributed by atoms with E-state index in [-0.39, 0.29) is 0 Å². The number of hydrogen-bond donors (Lipinski definition) is 1. The summed E-state index contributed by atoms with van der Waals surface area (Å²) in [6.07, 6.45) is 4.55. The smallest absolute Gasteiger partial charge is 0.251 e. The molecular formula is C17H17N3O2S. The van der Waals surface area contributed by atoms with Crippen LogP contribution in [0.5, 0.6) is 5.75 Å². The number of hydrogen-bond acceptors (Lipinski definition) is 6. The molecule has 0 radical (unpaired) electrons. The van der Waals surface area contributed by atoms with E-state index in [1.54, 1.807) is 18.4 Å². The summed E-state index contributed by atoms with van der Waals surface area (Å²) in [7, 11) is 1.64. The number of nitrogens with two attached hydrogens (primary N) is 1. The number of fused-ring (bicyclic) bond motifs is 1. The summed E-state index contributed by atoms with van der Waals surface area (Å²) in [6.45, 7) is 0. The van der Waals surface area contributed by atoms with Gasteiger partial charge in [0.25, 0.3) is 5.89 Å². The average molecular weight is 327 g/mol. The van der Waals surface area contributed by atoms with Crippen LogP contribution >= 0.6 is 11.3 Å². The molecule has 0 unspecified atom stereocenters. The summed E-state index contributed by atoms with van der Waals surface area (Å²) in [6, 6.07) is 7.59. The van der Waals surface area contributed by atoms with Gasteiger partial charge in [0.15, 0.2) is 0 Å². The Morgan fingerprint density at radius 3 is 2.87 bits per heavy atom. The van der Waals surface area contributed by atoms with Gasteiger partial charge in [0.2, 0.25) is 5.89 Å². The van der Waals surface area contributed by atoms with Crippen molar-refractivity contribution in [3.8, 4) is 28.7 Å². The highest BCUT2D eigenvalue weighted by Gasteiger charge is 2.24. The summed E-state index contributed by atoms with van der Waals surface area (Å²) in [5.41, 5.74) is 9.28. The van der Waals surface area contributed by atoms with Crippen LogP contribution in [-0.2, 0) is 12.8 Å². The van der Waals surface area contributed by atoms with E-state index in [1.165, 1.54) is 23.3 Å². The fourth-order valence-corrected chi connectivity index (χ4v) is 4.17. The van der Waals surface area contributed by atoms with Crippen LogP contribution in [0, 0.1) is 0 Å². The Labute approximate surface area is 138 Å². The van der Waals surface area contributed by atoms with Crippen LogP contribution in [0.15, 0.2) is 28.7 Å². The molecule has 0 aliphatic heterocycles. The molecule has 0 amide bonds. The van der Waals surface area contributed by atoms with Gasteiger partial charge in [-0.05, 0) is 49.4 Å². The van der Waals surface area contributed by atoms with Crippen LogP contribution in [0.1, 0.15) is 23.3 Å². The maximum atomic E-state index is 6.22. The number of methoxy groups -OCH3 is 1. The van der Waals surface area contributed by atoms with E-state index < -0.39 is 0 Å². The van der Waals surface area contributed by atoms with Crippen molar-refractivity contribution in [1.82, 2.24) is 10.2 Å². The predicted octanol–water partition coefficient (Wildman–Crippen LogP) is 3.93. The molecule has 0 saturated carbocycles. The highest BCUT2D eigenvalue weighted by Crippen LogP contribution is 2.42. The van der Waals surface area contributed by atoms with Gasteiger partial charge in [-0.25, -0.2) is 0 Å². The zero-order chi connectivity index (χ0) is 15.8. The van der Waals surface area contributed by atoms with Gasteiger partial charge in [-0.15, -0.1) is 21.5 Å². The molecule has 5 nitrogen and oxygen atoms in total. The van der Waals surface area contributed by atoms with E-state index in [1.807, 2.05) is 24.3 Å². The zero-order valence-electron chi connectivity index (χ0n) is 12.8. The van der Waals surface area contributed by atoms with Crippen molar-refractivity contribution >= 4 is 16.3 Å². The monoisotopic (exact) mass is 327 g/mol. The lowest BCUT2D eigenvalue weighted by atomic mass is 9.95. The van der Waals surface area contributed by atoms with Crippen LogP contribution in [0.2, 0.25) is 0 Å². The molecule has 1 aliphatic rings. The molecule has 6 heteroatoms. The first-order valence-corrected chi connectivity index (χ1v) is 8.46. The molecule has 4 rings (SSSR count). The Balaban J connectivity index is 1.75. The van der Waals surface area contributed by atoms with Gasteiger partial charge in [0, 0.05) is 10.4 Å². The van der Waals surface area contributed by atoms with Crippen LogP contribution < -0.4 is 10.5 Å². The lowest BCUT2D eigenvalue weighted by molar-refractivity contribution is 0.415. The maximum absolute atomic E-state index is 6.22. The Morgan fingerprint density at radius 2 is 2.00 bits per heavy atom. The highest BCUT2D eigenvalue weighted by molar-refractivity contribution is 7.16. The number of aromatic nitrogens is 2. The molecule has 0 atom stereocenters. The highest BCUT2D eigenvalue weighted by atomic mass is 32.1. The fraction of sp³-hybridized carbons (Fsp3) is 0.294.